The van der Waals surface area contributed by atoms with Crippen molar-refractivity contribution in [1.29, 1.82) is 0 Å². The third kappa shape index (κ3) is 4.44. The molecule has 0 unspecified atom stereocenters. The van der Waals surface area contributed by atoms with Crippen LogP contribution in [0.3, 0.4) is 0 Å². The van der Waals surface area contributed by atoms with Gasteiger partial charge in [-0.1, -0.05) is 19.9 Å². The van der Waals surface area contributed by atoms with Crippen LogP contribution in [0, 0.1) is 0 Å². The highest BCUT2D eigenvalue weighted by Crippen LogP contribution is 2.28. The number of hydrogen-bond acceptors (Lipinski definition) is 6. The van der Waals surface area contributed by atoms with Gasteiger partial charge in [-0.05, 0) is 48.3 Å². The Labute approximate surface area is 184 Å². The molecule has 0 radical (unpaired) electrons. The molecule has 0 bridgehead atoms. The van der Waals surface area contributed by atoms with E-state index in [1.54, 1.807) is 0 Å². The number of Topliss-reactive ketones (excluding diaryl/α,β-unsaturated/α-hetero) is 2. The number of hydrogen-bond donors (Lipinski definition) is 0. The van der Waals surface area contributed by atoms with Crippen LogP contribution in [0.25, 0.3) is 6.08 Å². The first-order chi connectivity index (χ1) is 15.0. The first-order valence-corrected chi connectivity index (χ1v) is 11.2. The monoisotopic (exact) mass is 418 g/mol. The van der Waals surface area contributed by atoms with Gasteiger partial charge in [0.15, 0.2) is 11.6 Å². The van der Waals surface area contributed by atoms with Gasteiger partial charge >= 0.3 is 0 Å². The number of fused-ring (bicyclic) bond motifs is 1. The second kappa shape index (κ2) is 9.10. The van der Waals surface area contributed by atoms with E-state index in [2.05, 4.69) is 32.8 Å². The lowest BCUT2D eigenvalue weighted by molar-refractivity contribution is -0.115. The van der Waals surface area contributed by atoms with Crippen LogP contribution in [0.2, 0.25) is 0 Å². The van der Waals surface area contributed by atoms with Gasteiger partial charge in [0, 0.05) is 51.3 Å². The molecule has 0 N–H and O–H groups in total. The van der Waals surface area contributed by atoms with Gasteiger partial charge in [-0.25, -0.2) is 0 Å². The van der Waals surface area contributed by atoms with Crippen LogP contribution in [-0.2, 0) is 11.2 Å². The molecule has 6 heteroatoms. The molecule has 1 aliphatic carbocycles. The van der Waals surface area contributed by atoms with Gasteiger partial charge < -0.3 is 4.90 Å². The normalized spacial score (nSPS) is 17.8. The predicted octanol–water partition coefficient (Wildman–Crippen LogP) is 3.87. The van der Waals surface area contributed by atoms with E-state index in [1.807, 2.05) is 44.4 Å². The summed E-state index contributed by atoms with van der Waals surface area (Å²) in [5, 5.41) is 0. The summed E-state index contributed by atoms with van der Waals surface area (Å²) in [5.41, 5.74) is 5.62. The van der Waals surface area contributed by atoms with Crippen molar-refractivity contribution in [3.05, 3.63) is 58.7 Å². The average molecular weight is 419 g/mol. The molecule has 2 aromatic heterocycles. The Hall–Kier alpha value is -2.86. The van der Waals surface area contributed by atoms with Gasteiger partial charge in [0.05, 0.1) is 17.6 Å². The number of nitrogens with zero attached hydrogens (tertiary/aromatic N) is 4. The largest absolute Gasteiger partial charge is 0.368 e. The van der Waals surface area contributed by atoms with E-state index < -0.39 is 0 Å². The molecule has 4 rings (SSSR count). The molecule has 0 saturated carbocycles. The van der Waals surface area contributed by atoms with E-state index in [9.17, 15) is 9.59 Å². The first-order valence-electron chi connectivity index (χ1n) is 11.2. The van der Waals surface area contributed by atoms with Crippen LogP contribution >= 0.6 is 0 Å². The Morgan fingerprint density at radius 3 is 2.52 bits per heavy atom. The molecular formula is C25H30N4O2. The minimum absolute atomic E-state index is 0.0759. The Morgan fingerprint density at radius 1 is 1.10 bits per heavy atom. The number of allylic oxidation sites excluding steroid dienone is 1. The van der Waals surface area contributed by atoms with Gasteiger partial charge in [0.1, 0.15) is 5.69 Å². The highest BCUT2D eigenvalue weighted by atomic mass is 16.1. The van der Waals surface area contributed by atoms with E-state index in [4.69, 9.17) is 0 Å². The topological polar surface area (TPSA) is 66.4 Å². The van der Waals surface area contributed by atoms with E-state index in [0.717, 1.165) is 60.7 Å². The highest BCUT2D eigenvalue weighted by molar-refractivity contribution is 6.03. The van der Waals surface area contributed by atoms with Gasteiger partial charge in [-0.3, -0.25) is 24.5 Å². The minimum atomic E-state index is 0.0759. The Morgan fingerprint density at radius 2 is 1.87 bits per heavy atom. The Bertz CT molecular complexity index is 1000. The van der Waals surface area contributed by atoms with Crippen molar-refractivity contribution in [3.63, 3.8) is 0 Å². The third-order valence-corrected chi connectivity index (χ3v) is 6.49. The van der Waals surface area contributed by atoms with Gasteiger partial charge in [0.2, 0.25) is 0 Å². The molecule has 162 valence electrons. The molecule has 0 spiro atoms. The smallest absolute Gasteiger partial charge is 0.180 e. The van der Waals surface area contributed by atoms with E-state index >= 15 is 0 Å². The summed E-state index contributed by atoms with van der Waals surface area (Å²) in [5.74, 6) is 0.294. The van der Waals surface area contributed by atoms with E-state index in [0.29, 0.717) is 18.5 Å². The number of pyridine rings is 2. The molecule has 2 aliphatic rings. The second-order valence-corrected chi connectivity index (χ2v) is 8.31. The van der Waals surface area contributed by atoms with Crippen LogP contribution in [0.1, 0.15) is 67.0 Å². The average Bonchev–Trinajstić information content (AvgIpc) is 2.82. The standard InChI is InChI=1S/C25H30N4O2/c1-4-18-13-23-19(14-25(18)31)12-20(15-26-23)17(3)28-8-10-29(11-9-28)21-6-7-22(27-16-21)24(30)5-2/h6-7,12-13,15-17H,4-5,8-11,14H2,1-3H3/t17-/m1/s1. The van der Waals surface area contributed by atoms with Crippen molar-refractivity contribution in [3.8, 4) is 0 Å². The fourth-order valence-electron chi connectivity index (χ4n) is 4.37. The summed E-state index contributed by atoms with van der Waals surface area (Å²) in [6, 6.07) is 6.23. The summed E-state index contributed by atoms with van der Waals surface area (Å²) < 4.78 is 0. The fourth-order valence-corrected chi connectivity index (χ4v) is 4.37. The number of anilines is 1. The van der Waals surface area contributed by atoms with Crippen LogP contribution < -0.4 is 4.90 Å². The summed E-state index contributed by atoms with van der Waals surface area (Å²) in [7, 11) is 0. The number of piperazine rings is 1. The molecule has 1 saturated heterocycles. The molecule has 2 aromatic rings. The second-order valence-electron chi connectivity index (χ2n) is 8.31. The zero-order chi connectivity index (χ0) is 22.0. The van der Waals surface area contributed by atoms with Crippen molar-refractivity contribution in [1.82, 2.24) is 14.9 Å². The summed E-state index contributed by atoms with van der Waals surface area (Å²) in [6.45, 7) is 9.77. The van der Waals surface area contributed by atoms with Crippen LogP contribution in [0.5, 0.6) is 0 Å². The molecule has 3 heterocycles. The lowest BCUT2D eigenvalue weighted by atomic mass is 9.91. The highest BCUT2D eigenvalue weighted by Gasteiger charge is 2.25. The van der Waals surface area contributed by atoms with Crippen LogP contribution in [0.4, 0.5) is 5.69 Å². The van der Waals surface area contributed by atoms with Crippen molar-refractivity contribution in [2.75, 3.05) is 31.1 Å². The number of rotatable bonds is 6. The zero-order valence-corrected chi connectivity index (χ0v) is 18.6. The number of aromatic nitrogens is 2. The van der Waals surface area contributed by atoms with Gasteiger partial charge in [-0.15, -0.1) is 0 Å². The molecular weight excluding hydrogens is 388 g/mol. The third-order valence-electron chi connectivity index (χ3n) is 6.49. The van der Waals surface area contributed by atoms with Crippen molar-refractivity contribution >= 4 is 23.3 Å². The van der Waals surface area contributed by atoms with Gasteiger partial charge in [0.25, 0.3) is 0 Å². The number of ketones is 2. The van der Waals surface area contributed by atoms with E-state index in [-0.39, 0.29) is 17.6 Å². The van der Waals surface area contributed by atoms with Gasteiger partial charge in [-0.2, -0.15) is 0 Å². The maximum Gasteiger partial charge on any atom is 0.180 e. The number of carbonyl (C=O) groups is 2. The first kappa shape index (κ1) is 21.4. The SMILES string of the molecule is CCC(=O)c1ccc(N2CCN([C@H](C)c3cnc4c(c3)CC(=O)C(CC)=C4)CC2)cn1. The van der Waals surface area contributed by atoms with Crippen LogP contribution in [-0.4, -0.2) is 52.6 Å². The lowest BCUT2D eigenvalue weighted by Crippen LogP contribution is -2.47. The van der Waals surface area contributed by atoms with E-state index in [1.165, 1.54) is 0 Å². The predicted molar refractivity (Wildman–Crippen MR) is 122 cm³/mol. The number of carbonyl (C=O) groups excluding carboxylic acids is 2. The van der Waals surface area contributed by atoms with Crippen LogP contribution in [0.15, 0.2) is 36.2 Å². The summed E-state index contributed by atoms with van der Waals surface area (Å²) in [4.78, 5) is 37.8. The lowest BCUT2D eigenvalue weighted by Gasteiger charge is -2.39. The maximum absolute atomic E-state index is 12.3. The Kier molecular flexibility index (Phi) is 6.28. The molecule has 31 heavy (non-hydrogen) atoms. The summed E-state index contributed by atoms with van der Waals surface area (Å²) in [6.07, 6.45) is 7.41. The molecule has 1 atom stereocenters. The zero-order valence-electron chi connectivity index (χ0n) is 18.6. The molecule has 1 fully saturated rings. The molecule has 0 amide bonds. The molecule has 1 aliphatic heterocycles. The van der Waals surface area contributed by atoms with Crippen molar-refractivity contribution in [2.24, 2.45) is 0 Å². The van der Waals surface area contributed by atoms with Crippen molar-refractivity contribution in [2.45, 2.75) is 46.1 Å². The Balaban J connectivity index is 1.40. The molecule has 6 nitrogen and oxygen atoms in total. The molecule has 0 aromatic carbocycles. The maximum atomic E-state index is 12.3. The minimum Gasteiger partial charge on any atom is -0.368 e. The quantitative estimate of drug-likeness (QED) is 0.664. The van der Waals surface area contributed by atoms with Crippen molar-refractivity contribution < 1.29 is 9.59 Å². The fraction of sp³-hybridized carbons (Fsp3) is 0.440. The summed E-state index contributed by atoms with van der Waals surface area (Å²) >= 11 is 0.